The van der Waals surface area contributed by atoms with Crippen molar-refractivity contribution in [2.24, 2.45) is 0 Å². The number of carbonyl (C=O) groups excluding carboxylic acids is 2. The molecule has 0 saturated heterocycles. The van der Waals surface area contributed by atoms with Gasteiger partial charge in [-0.05, 0) is 25.5 Å². The average Bonchev–Trinajstić information content (AvgIpc) is 2.39. The molecule has 0 aliphatic rings. The Bertz CT molecular complexity index is 415. The molecule has 0 saturated carbocycles. The molecule has 5 nitrogen and oxygen atoms in total. The number of carbonyl (C=O) groups is 2. The lowest BCUT2D eigenvalue weighted by atomic mass is 10.2. The quantitative estimate of drug-likeness (QED) is 0.783. The fourth-order valence-corrected chi connectivity index (χ4v) is 1.39. The minimum atomic E-state index is -0.271. The van der Waals surface area contributed by atoms with Crippen molar-refractivity contribution in [3.05, 3.63) is 29.8 Å². The van der Waals surface area contributed by atoms with Crippen LogP contribution in [0, 0.1) is 6.92 Å². The second-order valence-corrected chi connectivity index (χ2v) is 4.26. The van der Waals surface area contributed by atoms with E-state index in [1.165, 1.54) is 0 Å². The van der Waals surface area contributed by atoms with E-state index in [0.29, 0.717) is 6.54 Å². The summed E-state index contributed by atoms with van der Waals surface area (Å²) in [5.74, 6) is -0.475. The molecule has 0 bridgehead atoms. The number of rotatable bonds is 7. The SMILES string of the molecule is CCCNC(=O)COCC(=O)Nc1ccc(C)cc1. The maximum Gasteiger partial charge on any atom is 0.250 e. The molecule has 0 atom stereocenters. The van der Waals surface area contributed by atoms with Crippen molar-refractivity contribution in [3.8, 4) is 0 Å². The monoisotopic (exact) mass is 264 g/mol. The fourth-order valence-electron chi connectivity index (χ4n) is 1.39. The second kappa shape index (κ2) is 8.26. The molecule has 1 aromatic carbocycles. The molecule has 2 N–H and O–H groups in total. The Kier molecular flexibility index (Phi) is 6.60. The largest absolute Gasteiger partial charge is 0.362 e. The molecular weight excluding hydrogens is 244 g/mol. The van der Waals surface area contributed by atoms with E-state index in [2.05, 4.69) is 10.6 Å². The van der Waals surface area contributed by atoms with Crippen molar-refractivity contribution in [2.75, 3.05) is 25.1 Å². The van der Waals surface area contributed by atoms with Crippen molar-refractivity contribution in [3.63, 3.8) is 0 Å². The van der Waals surface area contributed by atoms with Gasteiger partial charge in [-0.3, -0.25) is 9.59 Å². The van der Waals surface area contributed by atoms with Crippen LogP contribution in [0.3, 0.4) is 0 Å². The van der Waals surface area contributed by atoms with Gasteiger partial charge in [-0.25, -0.2) is 0 Å². The third-order valence-corrected chi connectivity index (χ3v) is 2.37. The van der Waals surface area contributed by atoms with Gasteiger partial charge in [0, 0.05) is 12.2 Å². The van der Waals surface area contributed by atoms with Crippen LogP contribution in [-0.2, 0) is 14.3 Å². The molecule has 0 radical (unpaired) electrons. The first-order valence-corrected chi connectivity index (χ1v) is 6.32. The van der Waals surface area contributed by atoms with Gasteiger partial charge in [0.1, 0.15) is 13.2 Å². The molecule has 1 rings (SSSR count). The van der Waals surface area contributed by atoms with E-state index in [-0.39, 0.29) is 25.0 Å². The summed E-state index contributed by atoms with van der Waals surface area (Å²) in [7, 11) is 0. The molecule has 0 unspecified atom stereocenters. The summed E-state index contributed by atoms with van der Waals surface area (Å²) >= 11 is 0. The summed E-state index contributed by atoms with van der Waals surface area (Å²) in [6.07, 6.45) is 0.875. The standard InChI is InChI=1S/C14H20N2O3/c1-3-8-15-13(17)9-19-10-14(18)16-12-6-4-11(2)5-7-12/h4-7H,3,8-10H2,1-2H3,(H,15,17)(H,16,18). The number of amides is 2. The van der Waals surface area contributed by atoms with E-state index < -0.39 is 0 Å². The van der Waals surface area contributed by atoms with Gasteiger partial charge in [0.05, 0.1) is 0 Å². The van der Waals surface area contributed by atoms with E-state index in [1.807, 2.05) is 38.1 Å². The van der Waals surface area contributed by atoms with E-state index in [1.54, 1.807) is 0 Å². The molecule has 0 heterocycles. The van der Waals surface area contributed by atoms with Crippen LogP contribution >= 0.6 is 0 Å². The van der Waals surface area contributed by atoms with Crippen molar-refractivity contribution < 1.29 is 14.3 Å². The summed E-state index contributed by atoms with van der Waals surface area (Å²) in [6, 6.07) is 7.46. The molecule has 19 heavy (non-hydrogen) atoms. The number of benzene rings is 1. The number of hydrogen-bond donors (Lipinski definition) is 2. The smallest absolute Gasteiger partial charge is 0.250 e. The maximum absolute atomic E-state index is 11.5. The zero-order valence-corrected chi connectivity index (χ0v) is 11.4. The first-order chi connectivity index (χ1) is 9.11. The molecular formula is C14H20N2O3. The van der Waals surface area contributed by atoms with Crippen LogP contribution in [0.5, 0.6) is 0 Å². The minimum Gasteiger partial charge on any atom is -0.362 e. The Morgan fingerprint density at radius 1 is 1.11 bits per heavy atom. The zero-order chi connectivity index (χ0) is 14.1. The Morgan fingerprint density at radius 3 is 2.37 bits per heavy atom. The lowest BCUT2D eigenvalue weighted by Crippen LogP contribution is -2.30. The summed E-state index contributed by atoms with van der Waals surface area (Å²) in [6.45, 7) is 4.34. The fraction of sp³-hybridized carbons (Fsp3) is 0.429. The van der Waals surface area contributed by atoms with Gasteiger partial charge in [0.25, 0.3) is 0 Å². The first kappa shape index (κ1) is 15.2. The summed E-state index contributed by atoms with van der Waals surface area (Å²) in [5.41, 5.74) is 1.84. The summed E-state index contributed by atoms with van der Waals surface area (Å²) in [5, 5.41) is 5.36. The Labute approximate surface area is 113 Å². The Balaban J connectivity index is 2.21. The van der Waals surface area contributed by atoms with Crippen LogP contribution in [0.4, 0.5) is 5.69 Å². The van der Waals surface area contributed by atoms with Crippen molar-refractivity contribution >= 4 is 17.5 Å². The number of ether oxygens (including phenoxy) is 1. The molecule has 104 valence electrons. The maximum atomic E-state index is 11.5. The van der Waals surface area contributed by atoms with Crippen LogP contribution in [0.15, 0.2) is 24.3 Å². The Hall–Kier alpha value is -1.88. The highest BCUT2D eigenvalue weighted by Crippen LogP contribution is 2.08. The van der Waals surface area contributed by atoms with Gasteiger partial charge < -0.3 is 15.4 Å². The third-order valence-electron chi connectivity index (χ3n) is 2.37. The topological polar surface area (TPSA) is 67.4 Å². The summed E-state index contributed by atoms with van der Waals surface area (Å²) < 4.78 is 5.03. The van der Waals surface area contributed by atoms with Gasteiger partial charge in [0.2, 0.25) is 11.8 Å². The van der Waals surface area contributed by atoms with Crippen molar-refractivity contribution in [1.29, 1.82) is 0 Å². The van der Waals surface area contributed by atoms with Crippen LogP contribution in [-0.4, -0.2) is 31.6 Å². The van der Waals surface area contributed by atoms with Gasteiger partial charge >= 0.3 is 0 Å². The Morgan fingerprint density at radius 2 is 1.74 bits per heavy atom. The highest BCUT2D eigenvalue weighted by molar-refractivity contribution is 5.91. The van der Waals surface area contributed by atoms with Crippen molar-refractivity contribution in [2.45, 2.75) is 20.3 Å². The molecule has 0 aliphatic carbocycles. The lowest BCUT2D eigenvalue weighted by molar-refractivity contribution is -0.128. The molecule has 0 fully saturated rings. The number of aryl methyl sites for hydroxylation is 1. The van der Waals surface area contributed by atoms with E-state index in [0.717, 1.165) is 17.7 Å². The van der Waals surface area contributed by atoms with E-state index in [4.69, 9.17) is 4.74 Å². The molecule has 0 aromatic heterocycles. The van der Waals surface area contributed by atoms with Gasteiger partial charge in [-0.15, -0.1) is 0 Å². The second-order valence-electron chi connectivity index (χ2n) is 4.26. The van der Waals surface area contributed by atoms with Crippen LogP contribution in [0.2, 0.25) is 0 Å². The highest BCUT2D eigenvalue weighted by Gasteiger charge is 2.05. The summed E-state index contributed by atoms with van der Waals surface area (Å²) in [4.78, 5) is 22.7. The average molecular weight is 264 g/mol. The highest BCUT2D eigenvalue weighted by atomic mass is 16.5. The lowest BCUT2D eigenvalue weighted by Gasteiger charge is -2.07. The molecule has 0 spiro atoms. The predicted molar refractivity (Wildman–Crippen MR) is 73.9 cm³/mol. The number of nitrogens with one attached hydrogen (secondary N) is 2. The predicted octanol–water partition coefficient (Wildman–Crippen LogP) is 1.48. The van der Waals surface area contributed by atoms with Crippen molar-refractivity contribution in [1.82, 2.24) is 5.32 Å². The van der Waals surface area contributed by atoms with Gasteiger partial charge in [0.15, 0.2) is 0 Å². The normalized spacial score (nSPS) is 10.0. The van der Waals surface area contributed by atoms with Gasteiger partial charge in [-0.2, -0.15) is 0 Å². The van der Waals surface area contributed by atoms with Gasteiger partial charge in [-0.1, -0.05) is 24.6 Å². The number of anilines is 1. The van der Waals surface area contributed by atoms with E-state index in [9.17, 15) is 9.59 Å². The zero-order valence-electron chi connectivity index (χ0n) is 11.4. The first-order valence-electron chi connectivity index (χ1n) is 6.32. The van der Waals surface area contributed by atoms with Crippen LogP contribution in [0.1, 0.15) is 18.9 Å². The minimum absolute atomic E-state index is 0.0959. The molecule has 0 aliphatic heterocycles. The molecule has 5 heteroatoms. The molecule has 2 amide bonds. The number of hydrogen-bond acceptors (Lipinski definition) is 3. The van der Waals surface area contributed by atoms with Crippen LogP contribution < -0.4 is 10.6 Å². The molecule has 1 aromatic rings. The van der Waals surface area contributed by atoms with Crippen LogP contribution in [0.25, 0.3) is 0 Å². The van der Waals surface area contributed by atoms with E-state index >= 15 is 0 Å². The third kappa shape index (κ3) is 6.57.